The molecule has 2 rings (SSSR count). The molecule has 1 fully saturated rings. The summed E-state index contributed by atoms with van der Waals surface area (Å²) in [6.07, 6.45) is 4.94. The maximum absolute atomic E-state index is 8.70. The first kappa shape index (κ1) is 11.3. The highest BCUT2D eigenvalue weighted by atomic mass is 32.2. The van der Waals surface area contributed by atoms with Crippen LogP contribution < -0.4 is 4.74 Å². The zero-order chi connectivity index (χ0) is 11.4. The number of benzene rings is 1. The van der Waals surface area contributed by atoms with Crippen molar-refractivity contribution in [3.8, 4) is 11.8 Å². The van der Waals surface area contributed by atoms with Gasteiger partial charge in [0.1, 0.15) is 5.75 Å². The van der Waals surface area contributed by atoms with Gasteiger partial charge in [0.15, 0.2) is 0 Å². The van der Waals surface area contributed by atoms with Gasteiger partial charge >= 0.3 is 0 Å². The molecule has 1 saturated carbocycles. The average Bonchev–Trinajstić information content (AvgIpc) is 3.08. The Morgan fingerprint density at radius 2 is 2.06 bits per heavy atom. The second-order valence-electron chi connectivity index (χ2n) is 4.30. The van der Waals surface area contributed by atoms with Crippen LogP contribution >= 0.6 is 11.8 Å². The molecule has 0 saturated heterocycles. The zero-order valence-corrected chi connectivity index (χ0v) is 10.2. The Kier molecular flexibility index (Phi) is 3.40. The van der Waals surface area contributed by atoms with E-state index in [4.69, 9.17) is 10.00 Å². The van der Waals surface area contributed by atoms with Crippen molar-refractivity contribution in [3.63, 3.8) is 0 Å². The van der Waals surface area contributed by atoms with Gasteiger partial charge in [-0.25, -0.2) is 0 Å². The molecule has 0 spiro atoms. The smallest absolute Gasteiger partial charge is 0.119 e. The van der Waals surface area contributed by atoms with Gasteiger partial charge in [0, 0.05) is 16.7 Å². The fraction of sp³-hybridized carbons (Fsp3) is 0.462. The van der Waals surface area contributed by atoms with Crippen molar-refractivity contribution in [2.75, 3.05) is 12.9 Å². The van der Waals surface area contributed by atoms with E-state index < -0.39 is 0 Å². The molecule has 1 aromatic carbocycles. The van der Waals surface area contributed by atoms with Gasteiger partial charge in [-0.15, -0.1) is 11.8 Å². The first-order chi connectivity index (χ1) is 7.78. The molecule has 0 radical (unpaired) electrons. The van der Waals surface area contributed by atoms with E-state index in [1.54, 1.807) is 11.8 Å². The number of rotatable bonds is 5. The van der Waals surface area contributed by atoms with Crippen LogP contribution in [-0.2, 0) is 0 Å². The van der Waals surface area contributed by atoms with Crippen molar-refractivity contribution < 1.29 is 4.74 Å². The van der Waals surface area contributed by atoms with Crippen LogP contribution in [-0.4, -0.2) is 12.9 Å². The van der Waals surface area contributed by atoms with Crippen molar-refractivity contribution in [3.05, 3.63) is 24.3 Å². The summed E-state index contributed by atoms with van der Waals surface area (Å²) in [5.74, 6) is 0.905. The molecule has 1 aliphatic rings. The molecule has 0 aromatic heterocycles. The molecule has 1 aliphatic carbocycles. The number of nitriles is 1. The Labute approximate surface area is 101 Å². The minimum absolute atomic E-state index is 0.160. The molecule has 0 atom stereocenters. The van der Waals surface area contributed by atoms with Gasteiger partial charge in [-0.3, -0.25) is 0 Å². The monoisotopic (exact) mass is 233 g/mol. The lowest BCUT2D eigenvalue weighted by Crippen LogP contribution is -2.12. The Morgan fingerprint density at radius 3 is 2.56 bits per heavy atom. The molecule has 0 N–H and O–H groups in total. The molecular weight excluding hydrogens is 218 g/mol. The van der Waals surface area contributed by atoms with Gasteiger partial charge in [0.2, 0.25) is 0 Å². The second-order valence-corrected chi connectivity index (χ2v) is 5.18. The van der Waals surface area contributed by atoms with E-state index in [2.05, 4.69) is 24.5 Å². The summed E-state index contributed by atoms with van der Waals surface area (Å²) in [5.41, 5.74) is 0.160. The topological polar surface area (TPSA) is 33.0 Å². The number of thioether (sulfide) groups is 1. The molecule has 3 heteroatoms. The minimum atomic E-state index is 0.160. The number of hydrogen-bond acceptors (Lipinski definition) is 3. The Balaban J connectivity index is 1.88. The summed E-state index contributed by atoms with van der Waals surface area (Å²) in [4.78, 5) is 1.24. The summed E-state index contributed by atoms with van der Waals surface area (Å²) in [6, 6.07) is 10.3. The molecule has 0 unspecified atom stereocenters. The van der Waals surface area contributed by atoms with Crippen molar-refractivity contribution >= 4 is 11.8 Å². The van der Waals surface area contributed by atoms with Gasteiger partial charge in [0.25, 0.3) is 0 Å². The fourth-order valence-corrected chi connectivity index (χ4v) is 2.03. The molecule has 0 aliphatic heterocycles. The molecule has 1 aromatic rings. The van der Waals surface area contributed by atoms with E-state index in [-0.39, 0.29) is 5.41 Å². The second kappa shape index (κ2) is 4.80. The Hall–Kier alpha value is -1.14. The Bertz CT molecular complexity index is 389. The van der Waals surface area contributed by atoms with E-state index >= 15 is 0 Å². The summed E-state index contributed by atoms with van der Waals surface area (Å²) >= 11 is 1.72. The van der Waals surface area contributed by atoms with Gasteiger partial charge < -0.3 is 4.74 Å². The minimum Gasteiger partial charge on any atom is -0.493 e. The van der Waals surface area contributed by atoms with Gasteiger partial charge in [0.05, 0.1) is 12.7 Å². The standard InChI is InChI=1S/C13H15NOS/c1-16-12-4-2-11(3-5-12)15-10-13(6-7-13)8-9-14/h2-5H,6-8,10H2,1H3. The molecule has 0 heterocycles. The quantitative estimate of drug-likeness (QED) is 0.730. The van der Waals surface area contributed by atoms with Crippen LogP contribution in [0, 0.1) is 16.7 Å². The van der Waals surface area contributed by atoms with Crippen LogP contribution in [0.15, 0.2) is 29.2 Å². The lowest BCUT2D eigenvalue weighted by atomic mass is 10.1. The number of ether oxygens (including phenoxy) is 1. The predicted octanol–water partition coefficient (Wildman–Crippen LogP) is 3.48. The van der Waals surface area contributed by atoms with E-state index in [1.807, 2.05) is 12.1 Å². The highest BCUT2D eigenvalue weighted by Gasteiger charge is 2.43. The van der Waals surface area contributed by atoms with E-state index in [0.29, 0.717) is 13.0 Å². The number of nitrogens with zero attached hydrogens (tertiary/aromatic N) is 1. The Morgan fingerprint density at radius 1 is 1.38 bits per heavy atom. The fourth-order valence-electron chi connectivity index (χ4n) is 1.63. The van der Waals surface area contributed by atoms with Crippen LogP contribution in [0.25, 0.3) is 0 Å². The molecular formula is C13H15NOS. The van der Waals surface area contributed by atoms with E-state index in [0.717, 1.165) is 18.6 Å². The SMILES string of the molecule is CSc1ccc(OCC2(CC#N)CC2)cc1. The van der Waals surface area contributed by atoms with Gasteiger partial charge in [-0.2, -0.15) is 5.26 Å². The van der Waals surface area contributed by atoms with Crippen LogP contribution in [0.2, 0.25) is 0 Å². The normalized spacial score (nSPS) is 16.5. The molecule has 0 amide bonds. The zero-order valence-electron chi connectivity index (χ0n) is 9.40. The molecule has 16 heavy (non-hydrogen) atoms. The summed E-state index contributed by atoms with van der Waals surface area (Å²) in [7, 11) is 0. The third kappa shape index (κ3) is 2.70. The molecule has 0 bridgehead atoms. The molecule has 84 valence electrons. The lowest BCUT2D eigenvalue weighted by Gasteiger charge is -2.12. The van der Waals surface area contributed by atoms with Crippen LogP contribution in [0.3, 0.4) is 0 Å². The largest absolute Gasteiger partial charge is 0.493 e. The maximum Gasteiger partial charge on any atom is 0.119 e. The van der Waals surface area contributed by atoms with Crippen molar-refractivity contribution in [1.29, 1.82) is 5.26 Å². The number of hydrogen-bond donors (Lipinski definition) is 0. The maximum atomic E-state index is 8.70. The van der Waals surface area contributed by atoms with Gasteiger partial charge in [-0.1, -0.05) is 0 Å². The highest BCUT2D eigenvalue weighted by molar-refractivity contribution is 7.98. The predicted molar refractivity (Wildman–Crippen MR) is 65.6 cm³/mol. The summed E-state index contributed by atoms with van der Waals surface area (Å²) in [6.45, 7) is 0.680. The first-order valence-electron chi connectivity index (χ1n) is 5.42. The van der Waals surface area contributed by atoms with Crippen LogP contribution in [0.5, 0.6) is 5.75 Å². The van der Waals surface area contributed by atoms with Crippen LogP contribution in [0.4, 0.5) is 0 Å². The highest BCUT2D eigenvalue weighted by Crippen LogP contribution is 2.48. The van der Waals surface area contributed by atoms with Crippen molar-refractivity contribution in [2.45, 2.75) is 24.2 Å². The first-order valence-corrected chi connectivity index (χ1v) is 6.64. The average molecular weight is 233 g/mol. The van der Waals surface area contributed by atoms with Gasteiger partial charge in [-0.05, 0) is 43.4 Å². The van der Waals surface area contributed by atoms with E-state index in [9.17, 15) is 0 Å². The molecule has 2 nitrogen and oxygen atoms in total. The third-order valence-electron chi connectivity index (χ3n) is 3.02. The lowest BCUT2D eigenvalue weighted by molar-refractivity contribution is 0.236. The summed E-state index contributed by atoms with van der Waals surface area (Å²) in [5, 5.41) is 8.70. The van der Waals surface area contributed by atoms with Crippen molar-refractivity contribution in [1.82, 2.24) is 0 Å². The van der Waals surface area contributed by atoms with E-state index in [1.165, 1.54) is 4.90 Å². The van der Waals surface area contributed by atoms with Crippen LogP contribution in [0.1, 0.15) is 19.3 Å². The van der Waals surface area contributed by atoms with Crippen molar-refractivity contribution in [2.24, 2.45) is 5.41 Å². The third-order valence-corrected chi connectivity index (χ3v) is 3.76. The summed E-state index contributed by atoms with van der Waals surface area (Å²) < 4.78 is 5.72.